The Morgan fingerprint density at radius 3 is 2.50 bits per heavy atom. The molecule has 1 nitrogen and oxygen atoms in total. The van der Waals surface area contributed by atoms with Crippen LogP contribution in [0.2, 0.25) is 0 Å². The van der Waals surface area contributed by atoms with Crippen molar-refractivity contribution in [3.05, 3.63) is 0 Å². The summed E-state index contributed by atoms with van der Waals surface area (Å²) in [4.78, 5) is 0. The van der Waals surface area contributed by atoms with Crippen molar-refractivity contribution in [2.24, 2.45) is 5.92 Å². The molecule has 0 spiro atoms. The second-order valence-corrected chi connectivity index (χ2v) is 2.90. The van der Waals surface area contributed by atoms with Crippen LogP contribution in [0.4, 0.5) is 0 Å². The molecule has 1 unspecified atom stereocenters. The Labute approximate surface area is 68.7 Å². The van der Waals surface area contributed by atoms with E-state index in [-0.39, 0.29) is 0 Å². The number of hydrogen-bond donors (Lipinski definition) is 0. The van der Waals surface area contributed by atoms with E-state index in [4.69, 9.17) is 16.3 Å². The molecule has 0 heterocycles. The monoisotopic (exact) mass is 164 g/mol. The summed E-state index contributed by atoms with van der Waals surface area (Å²) in [5, 5.41) is 0. The molecule has 0 aromatic carbocycles. The van der Waals surface area contributed by atoms with Crippen molar-refractivity contribution >= 4 is 11.6 Å². The second kappa shape index (κ2) is 7.36. The number of rotatable bonds is 6. The smallest absolute Gasteiger partial charge is 0.0465 e. The van der Waals surface area contributed by atoms with Crippen molar-refractivity contribution in [1.29, 1.82) is 0 Å². The highest BCUT2D eigenvalue weighted by molar-refractivity contribution is 6.18. The van der Waals surface area contributed by atoms with Crippen molar-refractivity contribution < 1.29 is 4.74 Å². The van der Waals surface area contributed by atoms with Crippen molar-refractivity contribution in [2.45, 2.75) is 26.2 Å². The van der Waals surface area contributed by atoms with Crippen LogP contribution in [0, 0.1) is 5.92 Å². The Balaban J connectivity index is 3.21. The Kier molecular flexibility index (Phi) is 7.54. The van der Waals surface area contributed by atoms with Gasteiger partial charge in [-0.1, -0.05) is 13.3 Å². The molecule has 0 aliphatic rings. The molecule has 62 valence electrons. The lowest BCUT2D eigenvalue weighted by Gasteiger charge is -2.10. The Morgan fingerprint density at radius 1 is 1.40 bits per heavy atom. The van der Waals surface area contributed by atoms with E-state index in [2.05, 4.69) is 6.92 Å². The minimum absolute atomic E-state index is 0.659. The molecule has 0 N–H and O–H groups in total. The maximum absolute atomic E-state index is 5.73. The van der Waals surface area contributed by atoms with Crippen LogP contribution in [0.1, 0.15) is 26.2 Å². The quantitative estimate of drug-likeness (QED) is 0.549. The van der Waals surface area contributed by atoms with Gasteiger partial charge < -0.3 is 4.74 Å². The number of alkyl halides is 1. The van der Waals surface area contributed by atoms with E-state index in [9.17, 15) is 0 Å². The average Bonchev–Trinajstić information content (AvgIpc) is 1.98. The first-order valence-corrected chi connectivity index (χ1v) is 4.43. The molecule has 0 aromatic rings. The molecular weight excluding hydrogens is 148 g/mol. The predicted octanol–water partition coefficient (Wildman–Crippen LogP) is 2.68. The molecule has 0 amide bonds. The Bertz CT molecular complexity index is 66.3. The van der Waals surface area contributed by atoms with Gasteiger partial charge in [-0.3, -0.25) is 0 Å². The summed E-state index contributed by atoms with van der Waals surface area (Å²) in [5.41, 5.74) is 0. The van der Waals surface area contributed by atoms with Gasteiger partial charge in [0.05, 0.1) is 0 Å². The van der Waals surface area contributed by atoms with Gasteiger partial charge in [-0.05, 0) is 18.8 Å². The van der Waals surface area contributed by atoms with Crippen molar-refractivity contribution in [1.82, 2.24) is 0 Å². The van der Waals surface area contributed by atoms with Crippen LogP contribution in [-0.2, 0) is 4.74 Å². The maximum Gasteiger partial charge on any atom is 0.0465 e. The highest BCUT2D eigenvalue weighted by atomic mass is 35.5. The van der Waals surface area contributed by atoms with Gasteiger partial charge in [0.2, 0.25) is 0 Å². The van der Waals surface area contributed by atoms with Crippen LogP contribution in [0.3, 0.4) is 0 Å². The summed E-state index contributed by atoms with van der Waals surface area (Å²) in [5.74, 6) is 1.43. The second-order valence-electron chi connectivity index (χ2n) is 2.59. The van der Waals surface area contributed by atoms with Crippen LogP contribution >= 0.6 is 11.6 Å². The topological polar surface area (TPSA) is 9.23 Å². The van der Waals surface area contributed by atoms with Crippen molar-refractivity contribution in [3.63, 3.8) is 0 Å². The minimum Gasteiger partial charge on any atom is -0.385 e. The molecule has 0 radical (unpaired) electrons. The molecule has 2 heteroatoms. The van der Waals surface area contributed by atoms with Crippen molar-refractivity contribution in [2.75, 3.05) is 19.6 Å². The summed E-state index contributed by atoms with van der Waals surface area (Å²) in [6.07, 6.45) is 3.56. The summed E-state index contributed by atoms with van der Waals surface area (Å²) in [6.45, 7) is 3.03. The Morgan fingerprint density at radius 2 is 2.10 bits per heavy atom. The number of methoxy groups -OCH3 is 1. The summed E-state index contributed by atoms with van der Waals surface area (Å²) >= 11 is 5.73. The number of ether oxygens (including phenoxy) is 1. The first-order valence-electron chi connectivity index (χ1n) is 3.90. The van der Waals surface area contributed by atoms with Crippen LogP contribution in [-0.4, -0.2) is 19.6 Å². The van der Waals surface area contributed by atoms with Gasteiger partial charge in [-0.15, -0.1) is 11.6 Å². The van der Waals surface area contributed by atoms with E-state index in [0.717, 1.165) is 18.9 Å². The normalized spacial score (nSPS) is 13.5. The largest absolute Gasteiger partial charge is 0.385 e. The Hall–Kier alpha value is 0.250. The third-order valence-electron chi connectivity index (χ3n) is 1.65. The van der Waals surface area contributed by atoms with Gasteiger partial charge in [-0.2, -0.15) is 0 Å². The lowest BCUT2D eigenvalue weighted by atomic mass is 10.0. The highest BCUT2D eigenvalue weighted by Gasteiger charge is 2.04. The van der Waals surface area contributed by atoms with E-state index in [1.165, 1.54) is 12.8 Å². The van der Waals surface area contributed by atoms with Crippen LogP contribution < -0.4 is 0 Å². The molecule has 0 aliphatic heterocycles. The fourth-order valence-electron chi connectivity index (χ4n) is 0.991. The fraction of sp³-hybridized carbons (Fsp3) is 1.00. The zero-order valence-corrected chi connectivity index (χ0v) is 7.66. The van der Waals surface area contributed by atoms with Gasteiger partial charge in [0.1, 0.15) is 0 Å². The summed E-state index contributed by atoms with van der Waals surface area (Å²) < 4.78 is 4.96. The minimum atomic E-state index is 0.659. The molecule has 0 aliphatic carbocycles. The van der Waals surface area contributed by atoms with Crippen LogP contribution in [0.5, 0.6) is 0 Å². The van der Waals surface area contributed by atoms with E-state index < -0.39 is 0 Å². The summed E-state index contributed by atoms with van der Waals surface area (Å²) in [7, 11) is 1.73. The van der Waals surface area contributed by atoms with E-state index >= 15 is 0 Å². The van der Waals surface area contributed by atoms with Gasteiger partial charge in [0.25, 0.3) is 0 Å². The van der Waals surface area contributed by atoms with Crippen LogP contribution in [0.15, 0.2) is 0 Å². The molecular formula is C8H17ClO. The van der Waals surface area contributed by atoms with E-state index in [1.54, 1.807) is 7.11 Å². The zero-order valence-electron chi connectivity index (χ0n) is 6.90. The van der Waals surface area contributed by atoms with Crippen LogP contribution in [0.25, 0.3) is 0 Å². The first-order chi connectivity index (χ1) is 4.85. The molecule has 0 aromatic heterocycles. The number of hydrogen-bond acceptors (Lipinski definition) is 1. The standard InChI is InChI=1S/C8H17ClO/c1-3-4-8(7-9)5-6-10-2/h8H,3-7H2,1-2H3. The maximum atomic E-state index is 5.73. The van der Waals surface area contributed by atoms with E-state index in [1.807, 2.05) is 0 Å². The lowest BCUT2D eigenvalue weighted by Crippen LogP contribution is -2.05. The molecule has 0 bridgehead atoms. The van der Waals surface area contributed by atoms with E-state index in [0.29, 0.717) is 5.92 Å². The zero-order chi connectivity index (χ0) is 7.82. The molecule has 10 heavy (non-hydrogen) atoms. The lowest BCUT2D eigenvalue weighted by molar-refractivity contribution is 0.179. The molecule has 0 fully saturated rings. The van der Waals surface area contributed by atoms with Gasteiger partial charge in [-0.25, -0.2) is 0 Å². The third-order valence-corrected chi connectivity index (χ3v) is 2.08. The molecule has 1 atom stereocenters. The fourth-order valence-corrected chi connectivity index (χ4v) is 1.30. The average molecular weight is 165 g/mol. The van der Waals surface area contributed by atoms with Gasteiger partial charge in [0, 0.05) is 19.6 Å². The first kappa shape index (κ1) is 10.2. The third kappa shape index (κ3) is 5.07. The molecule has 0 saturated heterocycles. The number of halogens is 1. The predicted molar refractivity (Wildman–Crippen MR) is 45.6 cm³/mol. The highest BCUT2D eigenvalue weighted by Crippen LogP contribution is 2.12. The SMILES string of the molecule is CCCC(CCl)CCOC. The van der Waals surface area contributed by atoms with Crippen molar-refractivity contribution in [3.8, 4) is 0 Å². The van der Waals surface area contributed by atoms with Gasteiger partial charge in [0.15, 0.2) is 0 Å². The molecule has 0 saturated carbocycles. The molecule has 0 rings (SSSR count). The van der Waals surface area contributed by atoms with Gasteiger partial charge >= 0.3 is 0 Å². The summed E-state index contributed by atoms with van der Waals surface area (Å²) in [6, 6.07) is 0.